The van der Waals surface area contributed by atoms with Crippen LogP contribution in [-0.2, 0) is 0 Å². The van der Waals surface area contributed by atoms with Crippen LogP contribution in [0.25, 0.3) is 0 Å². The summed E-state index contributed by atoms with van der Waals surface area (Å²) in [7, 11) is 0. The number of carbonyl (C=O) groups excluding carboxylic acids is 1. The molecule has 0 unspecified atom stereocenters. The van der Waals surface area contributed by atoms with Gasteiger partial charge in [0.1, 0.15) is 11.5 Å². The zero-order chi connectivity index (χ0) is 14.0. The summed E-state index contributed by atoms with van der Waals surface area (Å²) < 4.78 is 0. The van der Waals surface area contributed by atoms with E-state index in [9.17, 15) is 20.0 Å². The largest absolute Gasteiger partial charge is 0.508 e. The highest BCUT2D eigenvalue weighted by Gasteiger charge is 2.15. The van der Waals surface area contributed by atoms with Crippen molar-refractivity contribution in [2.45, 2.75) is 0 Å². The zero-order valence-corrected chi connectivity index (χ0v) is 9.61. The molecule has 0 aliphatic carbocycles. The highest BCUT2D eigenvalue weighted by Crippen LogP contribution is 2.25. The van der Waals surface area contributed by atoms with Crippen molar-refractivity contribution >= 4 is 11.5 Å². The molecule has 2 aromatic rings. The number of nitro groups is 1. The van der Waals surface area contributed by atoms with Crippen LogP contribution in [0.15, 0.2) is 42.5 Å². The summed E-state index contributed by atoms with van der Waals surface area (Å²) in [5.41, 5.74) is 0.115. The molecule has 2 N–H and O–H groups in total. The van der Waals surface area contributed by atoms with Gasteiger partial charge in [-0.3, -0.25) is 14.9 Å². The minimum absolute atomic E-state index is 0.0200. The monoisotopic (exact) mass is 259 g/mol. The van der Waals surface area contributed by atoms with Crippen molar-refractivity contribution < 1.29 is 19.9 Å². The summed E-state index contributed by atoms with van der Waals surface area (Å²) in [6, 6.07) is 8.67. The summed E-state index contributed by atoms with van der Waals surface area (Å²) >= 11 is 0. The average Bonchev–Trinajstić information content (AvgIpc) is 2.38. The van der Waals surface area contributed by atoms with Gasteiger partial charge in [-0.2, -0.15) is 0 Å². The van der Waals surface area contributed by atoms with Crippen LogP contribution in [0.4, 0.5) is 5.69 Å². The molecule has 6 heteroatoms. The molecule has 0 aliphatic rings. The second-order valence-corrected chi connectivity index (χ2v) is 3.83. The SMILES string of the molecule is O=C(c1ccc([N+](=O)[O-])cc1)c1ccc(O)cc1O. The number of aromatic hydroxyl groups is 2. The lowest BCUT2D eigenvalue weighted by Gasteiger charge is -2.04. The van der Waals surface area contributed by atoms with Crippen molar-refractivity contribution in [3.63, 3.8) is 0 Å². The molecule has 0 heterocycles. The number of phenolic OH excluding ortho intramolecular Hbond substituents is 2. The molecule has 19 heavy (non-hydrogen) atoms. The van der Waals surface area contributed by atoms with Gasteiger partial charge in [0.05, 0.1) is 10.5 Å². The first-order chi connectivity index (χ1) is 8.99. The maximum atomic E-state index is 12.0. The fourth-order valence-electron chi connectivity index (χ4n) is 1.60. The van der Waals surface area contributed by atoms with Crippen LogP contribution in [-0.4, -0.2) is 20.9 Å². The molecule has 0 aliphatic heterocycles. The lowest BCUT2D eigenvalue weighted by atomic mass is 10.0. The first kappa shape index (κ1) is 12.6. The van der Waals surface area contributed by atoms with Crippen LogP contribution in [0.2, 0.25) is 0 Å². The van der Waals surface area contributed by atoms with E-state index < -0.39 is 10.7 Å². The van der Waals surface area contributed by atoms with Crippen LogP contribution in [0.1, 0.15) is 15.9 Å². The van der Waals surface area contributed by atoms with Crippen molar-refractivity contribution in [3.05, 3.63) is 63.7 Å². The quantitative estimate of drug-likeness (QED) is 0.500. The molecule has 2 rings (SSSR count). The lowest BCUT2D eigenvalue weighted by Crippen LogP contribution is -2.01. The summed E-state index contributed by atoms with van der Waals surface area (Å²) in [4.78, 5) is 22.0. The second-order valence-electron chi connectivity index (χ2n) is 3.83. The zero-order valence-electron chi connectivity index (χ0n) is 9.61. The Labute approximate surface area is 107 Å². The lowest BCUT2D eigenvalue weighted by molar-refractivity contribution is -0.384. The summed E-state index contributed by atoms with van der Waals surface area (Å²) in [6.45, 7) is 0. The molecule has 0 spiro atoms. The van der Waals surface area contributed by atoms with E-state index in [4.69, 9.17) is 5.11 Å². The number of nitro benzene ring substituents is 1. The Morgan fingerprint density at radius 2 is 1.68 bits per heavy atom. The van der Waals surface area contributed by atoms with Crippen LogP contribution in [0, 0.1) is 10.1 Å². The predicted molar refractivity (Wildman–Crippen MR) is 66.3 cm³/mol. The van der Waals surface area contributed by atoms with Crippen molar-refractivity contribution in [1.29, 1.82) is 0 Å². The van der Waals surface area contributed by atoms with E-state index in [1.807, 2.05) is 0 Å². The molecular formula is C13H9NO5. The summed E-state index contributed by atoms with van der Waals surface area (Å²) in [5, 5.41) is 29.2. The first-order valence-electron chi connectivity index (χ1n) is 5.30. The highest BCUT2D eigenvalue weighted by molar-refractivity contribution is 6.10. The highest BCUT2D eigenvalue weighted by atomic mass is 16.6. The van der Waals surface area contributed by atoms with Gasteiger partial charge < -0.3 is 10.2 Å². The first-order valence-corrected chi connectivity index (χ1v) is 5.30. The third-order valence-corrected chi connectivity index (χ3v) is 2.57. The van der Waals surface area contributed by atoms with Gasteiger partial charge in [0.2, 0.25) is 0 Å². The Balaban J connectivity index is 2.36. The van der Waals surface area contributed by atoms with Gasteiger partial charge in [0.15, 0.2) is 5.78 Å². The van der Waals surface area contributed by atoms with Crippen LogP contribution in [0.5, 0.6) is 11.5 Å². The topological polar surface area (TPSA) is 101 Å². The molecule has 0 aromatic heterocycles. The molecule has 0 atom stereocenters. The summed E-state index contributed by atoms with van der Waals surface area (Å²) in [5.74, 6) is -0.978. The fourth-order valence-corrected chi connectivity index (χ4v) is 1.60. The second kappa shape index (κ2) is 4.77. The molecule has 6 nitrogen and oxygen atoms in total. The third-order valence-electron chi connectivity index (χ3n) is 2.57. The van der Waals surface area contributed by atoms with Crippen molar-refractivity contribution in [2.75, 3.05) is 0 Å². The molecule has 96 valence electrons. The van der Waals surface area contributed by atoms with Gasteiger partial charge >= 0.3 is 0 Å². The standard InChI is InChI=1S/C13H9NO5/c15-10-5-6-11(12(16)7-10)13(17)8-1-3-9(4-2-8)14(18)19/h1-7,15-16H. The molecule has 2 aromatic carbocycles. The van der Waals surface area contributed by atoms with E-state index in [1.165, 1.54) is 36.4 Å². The van der Waals surface area contributed by atoms with Gasteiger partial charge in [0, 0.05) is 23.8 Å². The third kappa shape index (κ3) is 2.52. The van der Waals surface area contributed by atoms with Crippen LogP contribution >= 0.6 is 0 Å². The summed E-state index contributed by atoms with van der Waals surface area (Å²) in [6.07, 6.45) is 0. The molecule has 0 bridgehead atoms. The fraction of sp³-hybridized carbons (Fsp3) is 0. The number of ketones is 1. The molecule has 0 amide bonds. The van der Waals surface area contributed by atoms with E-state index in [-0.39, 0.29) is 28.3 Å². The minimum Gasteiger partial charge on any atom is -0.508 e. The van der Waals surface area contributed by atoms with E-state index in [1.54, 1.807) is 0 Å². The Morgan fingerprint density at radius 1 is 1.05 bits per heavy atom. The van der Waals surface area contributed by atoms with Crippen molar-refractivity contribution in [1.82, 2.24) is 0 Å². The van der Waals surface area contributed by atoms with Crippen LogP contribution < -0.4 is 0 Å². The molecule has 0 saturated heterocycles. The minimum atomic E-state index is -0.563. The van der Waals surface area contributed by atoms with Gasteiger partial charge in [-0.1, -0.05) is 0 Å². The average molecular weight is 259 g/mol. The maximum Gasteiger partial charge on any atom is 0.269 e. The number of nitrogens with zero attached hydrogens (tertiary/aromatic N) is 1. The van der Waals surface area contributed by atoms with Crippen molar-refractivity contribution in [2.24, 2.45) is 0 Å². The number of hydrogen-bond donors (Lipinski definition) is 2. The van der Waals surface area contributed by atoms with Crippen molar-refractivity contribution in [3.8, 4) is 11.5 Å². The van der Waals surface area contributed by atoms with E-state index in [0.717, 1.165) is 6.07 Å². The molecule has 0 radical (unpaired) electrons. The van der Waals surface area contributed by atoms with E-state index >= 15 is 0 Å². The smallest absolute Gasteiger partial charge is 0.269 e. The van der Waals surface area contributed by atoms with Gasteiger partial charge in [-0.15, -0.1) is 0 Å². The molecule has 0 fully saturated rings. The Hall–Kier alpha value is -2.89. The number of non-ortho nitro benzene ring substituents is 1. The Bertz CT molecular complexity index is 649. The van der Waals surface area contributed by atoms with Gasteiger partial charge in [-0.05, 0) is 24.3 Å². The number of hydrogen-bond acceptors (Lipinski definition) is 5. The van der Waals surface area contributed by atoms with E-state index in [2.05, 4.69) is 0 Å². The van der Waals surface area contributed by atoms with Gasteiger partial charge in [-0.25, -0.2) is 0 Å². The Morgan fingerprint density at radius 3 is 2.21 bits per heavy atom. The van der Waals surface area contributed by atoms with E-state index in [0.29, 0.717) is 0 Å². The Kier molecular flexibility index (Phi) is 3.15. The number of rotatable bonds is 3. The van der Waals surface area contributed by atoms with Crippen LogP contribution in [0.3, 0.4) is 0 Å². The number of benzene rings is 2. The molecular weight excluding hydrogens is 250 g/mol. The number of phenols is 2. The predicted octanol–water partition coefficient (Wildman–Crippen LogP) is 2.24. The maximum absolute atomic E-state index is 12.0. The normalized spacial score (nSPS) is 10.1. The molecule has 0 saturated carbocycles. The van der Waals surface area contributed by atoms with Gasteiger partial charge in [0.25, 0.3) is 5.69 Å². The number of carbonyl (C=O) groups is 1.